The Morgan fingerprint density at radius 2 is 2.19 bits per heavy atom. The second-order valence-electron chi connectivity index (χ2n) is 3.14. The number of nitrogens with zero attached hydrogens (tertiary/aromatic N) is 5. The topological polar surface area (TPSA) is 91.9 Å². The number of aromatic nitrogens is 3. The van der Waals surface area contributed by atoms with E-state index in [2.05, 4.69) is 26.2 Å². The summed E-state index contributed by atoms with van der Waals surface area (Å²) in [4.78, 5) is 0. The van der Waals surface area contributed by atoms with Crippen LogP contribution in [0, 0.1) is 11.3 Å². The molecule has 0 amide bonds. The van der Waals surface area contributed by atoms with Crippen LogP contribution in [0.4, 0.5) is 0 Å². The summed E-state index contributed by atoms with van der Waals surface area (Å²) < 4.78 is 26.4. The van der Waals surface area contributed by atoms with Gasteiger partial charge in [0.25, 0.3) is 10.0 Å². The molecule has 0 radical (unpaired) electrons. The average Bonchev–Trinajstić information content (AvgIpc) is 2.56. The molecule has 1 aromatic heterocycles. The van der Waals surface area contributed by atoms with Crippen LogP contribution in [-0.2, 0) is 17.1 Å². The quantitative estimate of drug-likeness (QED) is 0.790. The summed E-state index contributed by atoms with van der Waals surface area (Å²) >= 11 is 3.01. The van der Waals surface area contributed by atoms with Crippen molar-refractivity contribution in [3.05, 3.63) is 4.60 Å². The van der Waals surface area contributed by atoms with Gasteiger partial charge in [-0.1, -0.05) is 5.21 Å². The van der Waals surface area contributed by atoms with Gasteiger partial charge in [-0.3, -0.25) is 0 Å². The maximum Gasteiger partial charge on any atom is 0.263 e. The first-order chi connectivity index (χ1) is 7.32. The molecule has 7 nitrogen and oxygen atoms in total. The fourth-order valence-corrected chi connectivity index (χ4v) is 3.32. The molecule has 0 aliphatic rings. The highest BCUT2D eigenvalue weighted by Gasteiger charge is 2.31. The Balaban J connectivity index is 3.29. The number of sulfonamides is 1. The van der Waals surface area contributed by atoms with Gasteiger partial charge in [-0.25, -0.2) is 13.1 Å². The highest BCUT2D eigenvalue weighted by atomic mass is 79.9. The molecular weight excluding hydrogens is 298 g/mol. The molecule has 1 unspecified atom stereocenters. The Morgan fingerprint density at radius 3 is 2.56 bits per heavy atom. The summed E-state index contributed by atoms with van der Waals surface area (Å²) in [6, 6.07) is 1.10. The normalized spacial score (nSPS) is 13.8. The Bertz CT molecular complexity index is 512. The molecule has 1 atom stereocenters. The second-order valence-corrected chi connectivity index (χ2v) is 5.80. The zero-order valence-corrected chi connectivity index (χ0v) is 11.3. The zero-order valence-electron chi connectivity index (χ0n) is 8.92. The number of hydrogen-bond donors (Lipinski definition) is 0. The van der Waals surface area contributed by atoms with Crippen LogP contribution < -0.4 is 0 Å². The van der Waals surface area contributed by atoms with Gasteiger partial charge in [-0.15, -0.1) is 5.10 Å². The van der Waals surface area contributed by atoms with Crippen molar-refractivity contribution in [2.75, 3.05) is 7.05 Å². The van der Waals surface area contributed by atoms with Crippen molar-refractivity contribution in [2.45, 2.75) is 18.0 Å². The minimum absolute atomic E-state index is 0.0721. The van der Waals surface area contributed by atoms with Crippen molar-refractivity contribution in [1.82, 2.24) is 19.3 Å². The number of halogens is 1. The van der Waals surface area contributed by atoms with E-state index in [9.17, 15) is 8.42 Å². The first-order valence-corrected chi connectivity index (χ1v) is 6.48. The molecule has 1 heterocycles. The summed E-state index contributed by atoms with van der Waals surface area (Å²) in [5.74, 6) is 0. The fraction of sp³-hybridized carbons (Fsp3) is 0.571. The van der Waals surface area contributed by atoms with E-state index in [1.807, 2.05) is 6.07 Å². The van der Waals surface area contributed by atoms with Crippen LogP contribution in [0.25, 0.3) is 0 Å². The SMILES string of the molecule is CC(C#N)N(C)S(=O)(=O)c1c(Br)nnn1C. The first kappa shape index (κ1) is 13.1. The Morgan fingerprint density at radius 1 is 1.62 bits per heavy atom. The fourth-order valence-electron chi connectivity index (χ4n) is 1.02. The maximum atomic E-state index is 12.1. The van der Waals surface area contributed by atoms with Crippen LogP contribution in [0.3, 0.4) is 0 Å². The van der Waals surface area contributed by atoms with E-state index in [0.29, 0.717) is 0 Å². The van der Waals surface area contributed by atoms with Crippen LogP contribution >= 0.6 is 15.9 Å². The first-order valence-electron chi connectivity index (χ1n) is 4.25. The van der Waals surface area contributed by atoms with Gasteiger partial charge < -0.3 is 0 Å². The summed E-state index contributed by atoms with van der Waals surface area (Å²) in [5, 5.41) is 15.8. The summed E-state index contributed by atoms with van der Waals surface area (Å²) in [7, 11) is -0.963. The summed E-state index contributed by atoms with van der Waals surface area (Å²) in [6.45, 7) is 1.50. The van der Waals surface area contributed by atoms with Crippen molar-refractivity contribution in [3.8, 4) is 6.07 Å². The minimum atomic E-state index is -3.77. The average molecular weight is 308 g/mol. The summed E-state index contributed by atoms with van der Waals surface area (Å²) in [6.07, 6.45) is 0. The van der Waals surface area contributed by atoms with Crippen molar-refractivity contribution in [2.24, 2.45) is 7.05 Å². The van der Waals surface area contributed by atoms with Gasteiger partial charge in [0.15, 0.2) is 4.60 Å². The van der Waals surface area contributed by atoms with Crippen molar-refractivity contribution in [1.29, 1.82) is 5.26 Å². The second kappa shape index (κ2) is 4.48. The van der Waals surface area contributed by atoms with Crippen LogP contribution in [0.1, 0.15) is 6.92 Å². The Kier molecular flexibility index (Phi) is 3.67. The van der Waals surface area contributed by atoms with E-state index < -0.39 is 16.1 Å². The molecule has 0 spiro atoms. The molecule has 16 heavy (non-hydrogen) atoms. The highest BCUT2D eigenvalue weighted by Crippen LogP contribution is 2.22. The molecular formula is C7H10BrN5O2S. The van der Waals surface area contributed by atoms with Crippen LogP contribution in [0.2, 0.25) is 0 Å². The summed E-state index contributed by atoms with van der Waals surface area (Å²) in [5.41, 5.74) is 0. The van der Waals surface area contributed by atoms with E-state index >= 15 is 0 Å². The van der Waals surface area contributed by atoms with E-state index in [-0.39, 0.29) is 9.63 Å². The van der Waals surface area contributed by atoms with Crippen molar-refractivity contribution < 1.29 is 8.42 Å². The van der Waals surface area contributed by atoms with Gasteiger partial charge >= 0.3 is 0 Å². The smallest absolute Gasteiger partial charge is 0.235 e. The predicted octanol–water partition coefficient (Wildman–Crippen LogP) is 0.110. The minimum Gasteiger partial charge on any atom is -0.235 e. The maximum absolute atomic E-state index is 12.1. The molecule has 0 saturated carbocycles. The monoisotopic (exact) mass is 307 g/mol. The predicted molar refractivity (Wildman–Crippen MR) is 58.7 cm³/mol. The number of aryl methyl sites for hydroxylation is 1. The van der Waals surface area contributed by atoms with Crippen LogP contribution in [0.5, 0.6) is 0 Å². The lowest BCUT2D eigenvalue weighted by Gasteiger charge is -2.18. The Labute approximate surface area is 102 Å². The molecule has 1 rings (SSSR count). The van der Waals surface area contributed by atoms with Gasteiger partial charge in [-0.2, -0.15) is 9.57 Å². The molecule has 9 heteroatoms. The van der Waals surface area contributed by atoms with E-state index in [4.69, 9.17) is 5.26 Å². The molecule has 0 aromatic carbocycles. The van der Waals surface area contributed by atoms with Crippen molar-refractivity contribution >= 4 is 26.0 Å². The molecule has 0 fully saturated rings. The van der Waals surface area contributed by atoms with Gasteiger partial charge in [0.05, 0.1) is 6.07 Å². The van der Waals surface area contributed by atoms with Crippen LogP contribution in [-0.4, -0.2) is 40.8 Å². The van der Waals surface area contributed by atoms with Gasteiger partial charge in [0.1, 0.15) is 6.04 Å². The molecule has 1 aromatic rings. The lowest BCUT2D eigenvalue weighted by molar-refractivity contribution is 0.434. The van der Waals surface area contributed by atoms with E-state index in [0.717, 1.165) is 8.99 Å². The van der Waals surface area contributed by atoms with Gasteiger partial charge in [-0.05, 0) is 22.9 Å². The molecule has 0 N–H and O–H groups in total. The van der Waals surface area contributed by atoms with Crippen molar-refractivity contribution in [3.63, 3.8) is 0 Å². The number of rotatable bonds is 3. The zero-order chi connectivity index (χ0) is 12.5. The lowest BCUT2D eigenvalue weighted by atomic mass is 10.4. The molecule has 0 bridgehead atoms. The third kappa shape index (κ3) is 2.09. The van der Waals surface area contributed by atoms with Gasteiger partial charge in [0.2, 0.25) is 5.03 Å². The largest absolute Gasteiger partial charge is 0.263 e. The highest BCUT2D eigenvalue weighted by molar-refractivity contribution is 9.10. The molecule has 0 aliphatic carbocycles. The lowest BCUT2D eigenvalue weighted by Crippen LogP contribution is -2.35. The molecule has 88 valence electrons. The van der Waals surface area contributed by atoms with Gasteiger partial charge in [0, 0.05) is 14.1 Å². The third-order valence-electron chi connectivity index (χ3n) is 2.09. The molecule has 0 aliphatic heterocycles. The third-order valence-corrected chi connectivity index (χ3v) is 4.91. The number of nitriles is 1. The Hall–Kier alpha value is -0.980. The standard InChI is InChI=1S/C7H10BrN5O2S/c1-5(4-9)13(3)16(14,15)7-6(8)10-11-12(7)2/h5H,1-3H3. The van der Waals surface area contributed by atoms with E-state index in [1.165, 1.54) is 21.0 Å². The van der Waals surface area contributed by atoms with Crippen LogP contribution in [0.15, 0.2) is 9.63 Å². The number of hydrogen-bond acceptors (Lipinski definition) is 5. The van der Waals surface area contributed by atoms with E-state index in [1.54, 1.807) is 0 Å². The molecule has 0 saturated heterocycles.